The van der Waals surface area contributed by atoms with Gasteiger partial charge in [0.05, 0.1) is 18.8 Å². The summed E-state index contributed by atoms with van der Waals surface area (Å²) in [4.78, 5) is 25.7. The van der Waals surface area contributed by atoms with Crippen LogP contribution >= 0.6 is 0 Å². The van der Waals surface area contributed by atoms with Crippen molar-refractivity contribution < 1.29 is 14.3 Å². The highest BCUT2D eigenvalue weighted by Gasteiger charge is 2.38. The molecule has 2 aliphatic heterocycles. The van der Waals surface area contributed by atoms with Gasteiger partial charge in [-0.2, -0.15) is 0 Å². The summed E-state index contributed by atoms with van der Waals surface area (Å²) in [6.07, 6.45) is 5.45. The third-order valence-electron chi connectivity index (χ3n) is 4.32. The number of hydrogen-bond donors (Lipinski definition) is 1. The minimum Gasteiger partial charge on any atom is -0.372 e. The van der Waals surface area contributed by atoms with E-state index in [4.69, 9.17) is 4.74 Å². The molecular formula is C18H22N2O3. The number of carbonyl (C=O) groups excluding carboxylic acids is 2. The Morgan fingerprint density at radius 2 is 2.13 bits per heavy atom. The summed E-state index contributed by atoms with van der Waals surface area (Å²) >= 11 is 0. The fourth-order valence-corrected chi connectivity index (χ4v) is 3.21. The number of carbonyl (C=O) groups is 2. The summed E-state index contributed by atoms with van der Waals surface area (Å²) in [6.45, 7) is 2.57. The maximum Gasteiger partial charge on any atom is 0.246 e. The van der Waals surface area contributed by atoms with E-state index in [-0.39, 0.29) is 24.0 Å². The number of fused-ring (bicyclic) bond motifs is 1. The number of rotatable bonds is 4. The van der Waals surface area contributed by atoms with Crippen LogP contribution in [0.3, 0.4) is 0 Å². The lowest BCUT2D eigenvalue weighted by Crippen LogP contribution is -2.48. The highest BCUT2D eigenvalue weighted by atomic mass is 16.5. The Morgan fingerprint density at radius 3 is 2.87 bits per heavy atom. The van der Waals surface area contributed by atoms with Gasteiger partial charge >= 0.3 is 0 Å². The second kappa shape index (κ2) is 6.96. The van der Waals surface area contributed by atoms with Crippen LogP contribution in [-0.2, 0) is 20.9 Å². The summed E-state index contributed by atoms with van der Waals surface area (Å²) in [6, 6.07) is 9.64. The van der Waals surface area contributed by atoms with Crippen molar-refractivity contribution in [1.82, 2.24) is 10.2 Å². The maximum atomic E-state index is 12.6. The van der Waals surface area contributed by atoms with E-state index in [2.05, 4.69) is 11.4 Å². The van der Waals surface area contributed by atoms with Crippen molar-refractivity contribution in [2.45, 2.75) is 44.6 Å². The number of nitrogens with zero attached hydrogens (tertiary/aromatic N) is 1. The summed E-state index contributed by atoms with van der Waals surface area (Å²) in [7, 11) is 0. The van der Waals surface area contributed by atoms with Crippen molar-refractivity contribution >= 4 is 11.8 Å². The Morgan fingerprint density at radius 1 is 1.35 bits per heavy atom. The Bertz CT molecular complexity index is 600. The Kier molecular flexibility index (Phi) is 4.76. The molecule has 5 heteroatoms. The fraction of sp³-hybridized carbons (Fsp3) is 0.444. The van der Waals surface area contributed by atoms with E-state index < -0.39 is 6.04 Å². The molecule has 0 spiro atoms. The van der Waals surface area contributed by atoms with E-state index in [1.807, 2.05) is 41.3 Å². The SMILES string of the molecule is CC(=O)N[C@H]1CC=C[C@@H]2C[C@@H](OCc3ccccc3)CN2C1=O. The molecule has 0 bridgehead atoms. The summed E-state index contributed by atoms with van der Waals surface area (Å²) in [5.74, 6) is -0.188. The van der Waals surface area contributed by atoms with Crippen molar-refractivity contribution in [3.63, 3.8) is 0 Å². The topological polar surface area (TPSA) is 58.6 Å². The van der Waals surface area contributed by atoms with E-state index in [1.165, 1.54) is 6.92 Å². The molecule has 2 amide bonds. The van der Waals surface area contributed by atoms with Crippen LogP contribution in [0.25, 0.3) is 0 Å². The summed E-state index contributed by atoms with van der Waals surface area (Å²) in [5.41, 5.74) is 1.13. The van der Waals surface area contributed by atoms with Crippen molar-refractivity contribution in [3.05, 3.63) is 48.0 Å². The first-order valence-corrected chi connectivity index (χ1v) is 8.03. The van der Waals surface area contributed by atoms with Crippen molar-refractivity contribution in [3.8, 4) is 0 Å². The highest BCUT2D eigenvalue weighted by molar-refractivity contribution is 5.88. The molecule has 2 heterocycles. The molecule has 0 unspecified atom stereocenters. The van der Waals surface area contributed by atoms with Gasteiger partial charge in [-0.1, -0.05) is 42.5 Å². The van der Waals surface area contributed by atoms with Gasteiger partial charge < -0.3 is 15.0 Å². The zero-order valence-electron chi connectivity index (χ0n) is 13.3. The van der Waals surface area contributed by atoms with Crippen LogP contribution in [0.5, 0.6) is 0 Å². The average molecular weight is 314 g/mol. The quantitative estimate of drug-likeness (QED) is 0.860. The molecule has 0 radical (unpaired) electrons. The molecule has 3 atom stereocenters. The smallest absolute Gasteiger partial charge is 0.246 e. The van der Waals surface area contributed by atoms with Crippen LogP contribution in [0, 0.1) is 0 Å². The second-order valence-electron chi connectivity index (χ2n) is 6.13. The average Bonchev–Trinajstić information content (AvgIpc) is 2.89. The van der Waals surface area contributed by atoms with Crippen molar-refractivity contribution in [1.29, 1.82) is 0 Å². The van der Waals surface area contributed by atoms with Crippen LogP contribution in [0.15, 0.2) is 42.5 Å². The maximum absolute atomic E-state index is 12.6. The van der Waals surface area contributed by atoms with Gasteiger partial charge in [-0.25, -0.2) is 0 Å². The third kappa shape index (κ3) is 3.79. The molecule has 23 heavy (non-hydrogen) atoms. The van der Waals surface area contributed by atoms with Crippen molar-refractivity contribution in [2.75, 3.05) is 6.54 Å². The molecule has 1 saturated heterocycles. The molecule has 0 saturated carbocycles. The van der Waals surface area contributed by atoms with Crippen LogP contribution in [-0.4, -0.2) is 41.4 Å². The minimum absolute atomic E-state index is 0.0130. The van der Waals surface area contributed by atoms with E-state index in [1.54, 1.807) is 0 Å². The number of hydrogen-bond acceptors (Lipinski definition) is 3. The predicted octanol–water partition coefficient (Wildman–Crippen LogP) is 1.64. The van der Waals surface area contributed by atoms with Crippen molar-refractivity contribution in [2.24, 2.45) is 0 Å². The van der Waals surface area contributed by atoms with Crippen LogP contribution in [0.1, 0.15) is 25.3 Å². The largest absolute Gasteiger partial charge is 0.372 e. The summed E-state index contributed by atoms with van der Waals surface area (Å²) < 4.78 is 5.97. The first-order chi connectivity index (χ1) is 11.1. The Balaban J connectivity index is 1.60. The zero-order valence-corrected chi connectivity index (χ0v) is 13.3. The molecule has 1 fully saturated rings. The highest BCUT2D eigenvalue weighted by Crippen LogP contribution is 2.26. The number of benzene rings is 1. The van der Waals surface area contributed by atoms with E-state index in [0.29, 0.717) is 19.6 Å². The van der Waals surface area contributed by atoms with E-state index in [0.717, 1.165) is 12.0 Å². The lowest BCUT2D eigenvalue weighted by molar-refractivity contribution is -0.136. The van der Waals surface area contributed by atoms with E-state index in [9.17, 15) is 9.59 Å². The van der Waals surface area contributed by atoms with Gasteiger partial charge in [0.25, 0.3) is 0 Å². The third-order valence-corrected chi connectivity index (χ3v) is 4.32. The van der Waals surface area contributed by atoms with Crippen LogP contribution in [0.2, 0.25) is 0 Å². The molecule has 2 aliphatic rings. The standard InChI is InChI=1S/C18H22N2O3/c1-13(21)19-17-9-5-8-15-10-16(11-20(15)18(17)22)23-12-14-6-3-2-4-7-14/h2-8,15-17H,9-12H2,1H3,(H,19,21)/t15-,16-,17+/m1/s1. The zero-order chi connectivity index (χ0) is 16.2. The van der Waals surface area contributed by atoms with E-state index >= 15 is 0 Å². The molecule has 0 aliphatic carbocycles. The Labute approximate surface area is 136 Å². The number of amides is 2. The number of ether oxygens (including phenoxy) is 1. The monoisotopic (exact) mass is 314 g/mol. The molecule has 0 aromatic heterocycles. The van der Waals surface area contributed by atoms with Crippen LogP contribution in [0.4, 0.5) is 0 Å². The second-order valence-corrected chi connectivity index (χ2v) is 6.13. The normalized spacial score (nSPS) is 26.7. The first-order valence-electron chi connectivity index (χ1n) is 8.03. The van der Waals surface area contributed by atoms with Crippen LogP contribution < -0.4 is 5.32 Å². The predicted molar refractivity (Wildman–Crippen MR) is 86.5 cm³/mol. The van der Waals surface area contributed by atoms with Gasteiger partial charge in [0.15, 0.2) is 0 Å². The van der Waals surface area contributed by atoms with Gasteiger partial charge in [-0.3, -0.25) is 9.59 Å². The Hall–Kier alpha value is -2.14. The van der Waals surface area contributed by atoms with Gasteiger partial charge in [-0.15, -0.1) is 0 Å². The summed E-state index contributed by atoms with van der Waals surface area (Å²) in [5, 5.41) is 2.73. The molecule has 1 N–H and O–H groups in total. The first kappa shape index (κ1) is 15.7. The molecule has 5 nitrogen and oxygen atoms in total. The fourth-order valence-electron chi connectivity index (χ4n) is 3.21. The lowest BCUT2D eigenvalue weighted by Gasteiger charge is -2.24. The van der Waals surface area contributed by atoms with Gasteiger partial charge in [-0.05, 0) is 18.4 Å². The molecular weight excluding hydrogens is 292 g/mol. The number of nitrogens with one attached hydrogen (secondary N) is 1. The van der Waals surface area contributed by atoms with Gasteiger partial charge in [0.1, 0.15) is 6.04 Å². The molecule has 1 aromatic rings. The minimum atomic E-state index is -0.457. The molecule has 1 aromatic carbocycles. The van der Waals surface area contributed by atoms with Gasteiger partial charge in [0, 0.05) is 13.5 Å². The van der Waals surface area contributed by atoms with Gasteiger partial charge in [0.2, 0.25) is 11.8 Å². The lowest BCUT2D eigenvalue weighted by atomic mass is 10.1. The molecule has 122 valence electrons. The molecule has 3 rings (SSSR count).